The van der Waals surface area contributed by atoms with Crippen LogP contribution in [0.25, 0.3) is 0 Å². The maximum atomic E-state index is 5.98. The molecule has 2 aliphatic rings. The largest absolute Gasteiger partial charge is 0.377 e. The number of allylic oxidation sites excluding steroid dienone is 2. The first kappa shape index (κ1) is 11.9. The summed E-state index contributed by atoms with van der Waals surface area (Å²) in [5.74, 6) is 1.22. The second-order valence-corrected chi connectivity index (χ2v) is 5.74. The van der Waals surface area contributed by atoms with Gasteiger partial charge in [0, 0.05) is 11.3 Å². The van der Waals surface area contributed by atoms with Crippen molar-refractivity contribution in [3.05, 3.63) is 23.8 Å². The minimum absolute atomic E-state index is 0.244. The van der Waals surface area contributed by atoms with Gasteiger partial charge in [-0.25, -0.2) is 0 Å². The minimum atomic E-state index is 0.244. The van der Waals surface area contributed by atoms with E-state index in [1.54, 1.807) is 0 Å². The van der Waals surface area contributed by atoms with E-state index in [9.17, 15) is 0 Å². The number of ether oxygens (including phenoxy) is 1. The summed E-state index contributed by atoms with van der Waals surface area (Å²) < 4.78 is 5.98. The molecule has 2 rings (SSSR count). The molecule has 0 radical (unpaired) electrons. The van der Waals surface area contributed by atoms with E-state index in [-0.39, 0.29) is 5.41 Å². The van der Waals surface area contributed by atoms with Crippen LogP contribution in [0.5, 0.6) is 0 Å². The van der Waals surface area contributed by atoms with Crippen LogP contribution in [0.15, 0.2) is 23.8 Å². The molecule has 1 saturated heterocycles. The van der Waals surface area contributed by atoms with Gasteiger partial charge in [-0.05, 0) is 17.9 Å². The van der Waals surface area contributed by atoms with Crippen LogP contribution in [0.4, 0.5) is 0 Å². The Labute approximate surface area is 99.6 Å². The van der Waals surface area contributed by atoms with Gasteiger partial charge in [0.2, 0.25) is 0 Å². The summed E-state index contributed by atoms with van der Waals surface area (Å²) in [5, 5.41) is 0. The fraction of sp³-hybridized carbons (Fsp3) is 0.733. The zero-order valence-electron chi connectivity index (χ0n) is 11.0. The molecule has 16 heavy (non-hydrogen) atoms. The fourth-order valence-electron chi connectivity index (χ4n) is 2.88. The normalized spacial score (nSPS) is 37.7. The van der Waals surface area contributed by atoms with E-state index in [2.05, 4.69) is 45.9 Å². The molecule has 90 valence electrons. The lowest BCUT2D eigenvalue weighted by molar-refractivity contribution is 0.0664. The molecular weight excluding hydrogens is 196 g/mol. The zero-order valence-corrected chi connectivity index (χ0v) is 11.0. The molecule has 0 N–H and O–H groups in total. The predicted molar refractivity (Wildman–Crippen MR) is 68.3 cm³/mol. The monoisotopic (exact) mass is 220 g/mol. The van der Waals surface area contributed by atoms with Crippen molar-refractivity contribution in [1.29, 1.82) is 0 Å². The fourth-order valence-corrected chi connectivity index (χ4v) is 2.88. The van der Waals surface area contributed by atoms with Crippen LogP contribution in [-0.4, -0.2) is 12.7 Å². The zero-order chi connectivity index (χ0) is 11.8. The molecule has 0 spiro atoms. The van der Waals surface area contributed by atoms with E-state index in [4.69, 9.17) is 4.74 Å². The van der Waals surface area contributed by atoms with Gasteiger partial charge in [-0.3, -0.25) is 0 Å². The van der Waals surface area contributed by atoms with Gasteiger partial charge in [0.1, 0.15) is 0 Å². The Morgan fingerprint density at radius 3 is 2.88 bits per heavy atom. The standard InChI is InChI=1S/C15H24O/c1-5-6-14-15(4)8-7-12(11(2)3)9-13(15)10-16-14/h7-9,11,13-14H,5-6,10H2,1-4H3/t13-,14+,15-/m1/s1. The molecular formula is C15H24O. The Balaban J connectivity index is 2.19. The van der Waals surface area contributed by atoms with Crippen LogP contribution in [0.3, 0.4) is 0 Å². The Bertz CT molecular complexity index is 313. The summed E-state index contributed by atoms with van der Waals surface area (Å²) in [4.78, 5) is 0. The van der Waals surface area contributed by atoms with Crippen LogP contribution in [0.1, 0.15) is 40.5 Å². The van der Waals surface area contributed by atoms with Gasteiger partial charge >= 0.3 is 0 Å². The highest BCUT2D eigenvalue weighted by molar-refractivity contribution is 5.32. The van der Waals surface area contributed by atoms with Gasteiger partial charge in [-0.1, -0.05) is 52.3 Å². The van der Waals surface area contributed by atoms with E-state index >= 15 is 0 Å². The van der Waals surface area contributed by atoms with Crippen LogP contribution in [0, 0.1) is 17.3 Å². The first-order valence-electron chi connectivity index (χ1n) is 6.60. The molecule has 3 atom stereocenters. The van der Waals surface area contributed by atoms with Crippen LogP contribution in [0.2, 0.25) is 0 Å². The molecule has 0 aromatic heterocycles. The highest BCUT2D eigenvalue weighted by atomic mass is 16.5. The number of hydrogen-bond acceptors (Lipinski definition) is 1. The van der Waals surface area contributed by atoms with Crippen molar-refractivity contribution in [3.8, 4) is 0 Å². The predicted octanol–water partition coefficient (Wildman–Crippen LogP) is 3.96. The molecule has 1 nitrogen and oxygen atoms in total. The van der Waals surface area contributed by atoms with Crippen molar-refractivity contribution in [1.82, 2.24) is 0 Å². The Morgan fingerprint density at radius 1 is 1.50 bits per heavy atom. The van der Waals surface area contributed by atoms with Gasteiger partial charge in [-0.15, -0.1) is 0 Å². The third-order valence-corrected chi connectivity index (χ3v) is 4.22. The third-order valence-electron chi connectivity index (χ3n) is 4.22. The van der Waals surface area contributed by atoms with Crippen LogP contribution >= 0.6 is 0 Å². The topological polar surface area (TPSA) is 9.23 Å². The van der Waals surface area contributed by atoms with E-state index in [0.717, 1.165) is 6.61 Å². The summed E-state index contributed by atoms with van der Waals surface area (Å²) in [6, 6.07) is 0. The lowest BCUT2D eigenvalue weighted by Crippen LogP contribution is -2.32. The Kier molecular flexibility index (Phi) is 3.25. The third kappa shape index (κ3) is 1.86. The smallest absolute Gasteiger partial charge is 0.0669 e. The number of hydrogen-bond donors (Lipinski definition) is 0. The Hall–Kier alpha value is -0.560. The van der Waals surface area contributed by atoms with Gasteiger partial charge in [-0.2, -0.15) is 0 Å². The molecule has 0 aromatic rings. The van der Waals surface area contributed by atoms with E-state index in [0.29, 0.717) is 17.9 Å². The van der Waals surface area contributed by atoms with Gasteiger partial charge in [0.05, 0.1) is 12.7 Å². The second-order valence-electron chi connectivity index (χ2n) is 5.74. The summed E-state index contributed by atoms with van der Waals surface area (Å²) in [6.07, 6.45) is 9.98. The Morgan fingerprint density at radius 2 is 2.25 bits per heavy atom. The van der Waals surface area contributed by atoms with Crippen molar-refractivity contribution in [2.75, 3.05) is 6.61 Å². The molecule has 0 aromatic carbocycles. The van der Waals surface area contributed by atoms with Crippen molar-refractivity contribution >= 4 is 0 Å². The second kappa shape index (κ2) is 4.37. The molecule has 0 amide bonds. The maximum absolute atomic E-state index is 5.98. The summed E-state index contributed by atoms with van der Waals surface area (Å²) >= 11 is 0. The van der Waals surface area contributed by atoms with E-state index < -0.39 is 0 Å². The molecule has 1 aliphatic heterocycles. The molecule has 1 heteroatoms. The van der Waals surface area contributed by atoms with Crippen molar-refractivity contribution < 1.29 is 4.74 Å². The summed E-state index contributed by atoms with van der Waals surface area (Å²) in [5.41, 5.74) is 1.72. The average Bonchev–Trinajstić information content (AvgIpc) is 2.56. The first-order chi connectivity index (χ1) is 7.58. The van der Waals surface area contributed by atoms with Crippen molar-refractivity contribution in [2.24, 2.45) is 17.3 Å². The van der Waals surface area contributed by atoms with Crippen LogP contribution < -0.4 is 0 Å². The van der Waals surface area contributed by atoms with Crippen molar-refractivity contribution in [2.45, 2.75) is 46.6 Å². The summed E-state index contributed by atoms with van der Waals surface area (Å²) in [6.45, 7) is 10.0. The first-order valence-corrected chi connectivity index (χ1v) is 6.60. The molecule has 1 heterocycles. The number of rotatable bonds is 3. The van der Waals surface area contributed by atoms with Crippen LogP contribution in [-0.2, 0) is 4.74 Å². The highest BCUT2D eigenvalue weighted by Gasteiger charge is 2.45. The lowest BCUT2D eigenvalue weighted by Gasteiger charge is -2.34. The molecule has 1 fully saturated rings. The highest BCUT2D eigenvalue weighted by Crippen LogP contribution is 2.46. The van der Waals surface area contributed by atoms with Gasteiger partial charge < -0.3 is 4.74 Å². The van der Waals surface area contributed by atoms with Crippen molar-refractivity contribution in [3.63, 3.8) is 0 Å². The quantitative estimate of drug-likeness (QED) is 0.699. The molecule has 0 saturated carbocycles. The minimum Gasteiger partial charge on any atom is -0.377 e. The number of fused-ring (bicyclic) bond motifs is 1. The van der Waals surface area contributed by atoms with Gasteiger partial charge in [0.25, 0.3) is 0 Å². The van der Waals surface area contributed by atoms with Gasteiger partial charge in [0.15, 0.2) is 0 Å². The SMILES string of the molecule is CCC[C@@H]1OC[C@H]2C=C(C(C)C)C=C[C@]21C. The van der Waals surface area contributed by atoms with E-state index in [1.807, 2.05) is 0 Å². The lowest BCUT2D eigenvalue weighted by atomic mass is 9.69. The molecule has 0 bridgehead atoms. The molecule has 1 aliphatic carbocycles. The molecule has 0 unspecified atom stereocenters. The average molecular weight is 220 g/mol. The van der Waals surface area contributed by atoms with E-state index in [1.165, 1.54) is 18.4 Å². The maximum Gasteiger partial charge on any atom is 0.0669 e. The summed E-state index contributed by atoms with van der Waals surface area (Å²) in [7, 11) is 0.